The fourth-order valence-corrected chi connectivity index (χ4v) is 2.82. The molecular weight excluding hydrogens is 236 g/mol. The average molecular weight is 264 g/mol. The van der Waals surface area contributed by atoms with Crippen molar-refractivity contribution in [1.29, 1.82) is 0 Å². The van der Waals surface area contributed by atoms with E-state index in [9.17, 15) is 0 Å². The van der Waals surface area contributed by atoms with Crippen LogP contribution in [0.25, 0.3) is 0 Å². The Morgan fingerprint density at radius 3 is 2.58 bits per heavy atom. The van der Waals surface area contributed by atoms with E-state index in [1.165, 1.54) is 37.2 Å². The molecule has 0 unspecified atom stereocenters. The van der Waals surface area contributed by atoms with Crippen LogP contribution in [0.1, 0.15) is 44.0 Å². The van der Waals surface area contributed by atoms with Crippen molar-refractivity contribution in [2.24, 2.45) is 5.92 Å². The molecule has 0 aromatic carbocycles. The highest BCUT2D eigenvalue weighted by Gasteiger charge is 2.19. The van der Waals surface area contributed by atoms with E-state index in [1.807, 2.05) is 0 Å². The summed E-state index contributed by atoms with van der Waals surface area (Å²) in [6.07, 6.45) is 4.86. The summed E-state index contributed by atoms with van der Waals surface area (Å²) in [6, 6.07) is 0.453. The molecule has 19 heavy (non-hydrogen) atoms. The number of hydrogen-bond donors (Lipinski definition) is 1. The lowest BCUT2D eigenvalue weighted by Gasteiger charge is -2.31. The molecule has 4 nitrogen and oxygen atoms in total. The first-order chi connectivity index (χ1) is 9.10. The second-order valence-electron chi connectivity index (χ2n) is 6.09. The van der Waals surface area contributed by atoms with Gasteiger partial charge < -0.3 is 5.32 Å². The highest BCUT2D eigenvalue weighted by molar-refractivity contribution is 5.15. The highest BCUT2D eigenvalue weighted by Crippen LogP contribution is 2.20. The molecular formula is C15H28N4. The Kier molecular flexibility index (Phi) is 4.99. The fraction of sp³-hybridized carbons (Fsp3) is 0.800. The van der Waals surface area contributed by atoms with Gasteiger partial charge in [0, 0.05) is 24.3 Å². The molecule has 1 aromatic heterocycles. The van der Waals surface area contributed by atoms with Crippen LogP contribution in [0.2, 0.25) is 0 Å². The van der Waals surface area contributed by atoms with Crippen molar-refractivity contribution >= 4 is 0 Å². The zero-order valence-corrected chi connectivity index (χ0v) is 12.8. The number of likely N-dealkylation sites (tertiary alicyclic amines) is 1. The number of hydrogen-bond acceptors (Lipinski definition) is 3. The summed E-state index contributed by atoms with van der Waals surface area (Å²) in [6.45, 7) is 11.2. The minimum absolute atomic E-state index is 0.453. The summed E-state index contributed by atoms with van der Waals surface area (Å²) >= 11 is 0. The second-order valence-corrected chi connectivity index (χ2v) is 6.09. The minimum atomic E-state index is 0.453. The molecule has 0 spiro atoms. The van der Waals surface area contributed by atoms with Gasteiger partial charge in [-0.05, 0) is 66.2 Å². The van der Waals surface area contributed by atoms with E-state index in [1.54, 1.807) is 0 Å². The third-order valence-corrected chi connectivity index (χ3v) is 4.14. The van der Waals surface area contributed by atoms with Crippen molar-refractivity contribution < 1.29 is 0 Å². The van der Waals surface area contributed by atoms with Gasteiger partial charge in [0.15, 0.2) is 0 Å². The van der Waals surface area contributed by atoms with Gasteiger partial charge in [-0.2, -0.15) is 5.10 Å². The van der Waals surface area contributed by atoms with Gasteiger partial charge in [-0.25, -0.2) is 0 Å². The van der Waals surface area contributed by atoms with Gasteiger partial charge in [0.05, 0.1) is 5.69 Å². The quantitative estimate of drug-likeness (QED) is 0.885. The Morgan fingerprint density at radius 2 is 2.05 bits per heavy atom. The van der Waals surface area contributed by atoms with E-state index in [4.69, 9.17) is 0 Å². The lowest BCUT2D eigenvalue weighted by atomic mass is 9.96. The highest BCUT2D eigenvalue weighted by atomic mass is 15.3. The SMILES string of the molecule is CNCC1CCN(Cc2cn(C(C)C)nc2C)CC1. The van der Waals surface area contributed by atoms with Crippen LogP contribution < -0.4 is 5.32 Å². The first-order valence-corrected chi connectivity index (χ1v) is 7.51. The summed E-state index contributed by atoms with van der Waals surface area (Å²) in [4.78, 5) is 2.57. The number of rotatable bonds is 5. The van der Waals surface area contributed by atoms with E-state index in [0.29, 0.717) is 6.04 Å². The lowest BCUT2D eigenvalue weighted by molar-refractivity contribution is 0.176. The van der Waals surface area contributed by atoms with Crippen LogP contribution in [0, 0.1) is 12.8 Å². The normalized spacial score (nSPS) is 18.4. The topological polar surface area (TPSA) is 33.1 Å². The maximum atomic E-state index is 4.60. The van der Waals surface area contributed by atoms with Crippen molar-refractivity contribution in [3.05, 3.63) is 17.5 Å². The van der Waals surface area contributed by atoms with Crippen LogP contribution in [0.15, 0.2) is 6.20 Å². The first kappa shape index (κ1) is 14.5. The molecule has 0 radical (unpaired) electrons. The monoisotopic (exact) mass is 264 g/mol. The summed E-state index contributed by atoms with van der Waals surface area (Å²) in [5.41, 5.74) is 2.58. The molecule has 1 aliphatic heterocycles. The Hall–Kier alpha value is -0.870. The third kappa shape index (κ3) is 3.80. The van der Waals surface area contributed by atoms with Crippen LogP contribution in [0.5, 0.6) is 0 Å². The van der Waals surface area contributed by atoms with Crippen LogP contribution in [-0.4, -0.2) is 41.4 Å². The van der Waals surface area contributed by atoms with E-state index in [-0.39, 0.29) is 0 Å². The number of nitrogens with zero attached hydrogens (tertiary/aromatic N) is 3. The van der Waals surface area contributed by atoms with E-state index < -0.39 is 0 Å². The Morgan fingerprint density at radius 1 is 1.37 bits per heavy atom. The lowest BCUT2D eigenvalue weighted by Crippen LogP contribution is -2.36. The maximum absolute atomic E-state index is 4.60. The molecule has 1 aromatic rings. The Bertz CT molecular complexity index is 389. The van der Waals surface area contributed by atoms with Crippen LogP contribution in [-0.2, 0) is 6.54 Å². The minimum Gasteiger partial charge on any atom is -0.319 e. The molecule has 0 atom stereocenters. The largest absolute Gasteiger partial charge is 0.319 e. The predicted octanol–water partition coefficient (Wildman–Crippen LogP) is 2.20. The van der Waals surface area contributed by atoms with Gasteiger partial charge in [-0.3, -0.25) is 9.58 Å². The number of aryl methyl sites for hydroxylation is 1. The number of nitrogens with one attached hydrogen (secondary N) is 1. The predicted molar refractivity (Wildman–Crippen MR) is 79.3 cm³/mol. The van der Waals surface area contributed by atoms with E-state index >= 15 is 0 Å². The molecule has 1 aliphatic rings. The van der Waals surface area contributed by atoms with Crippen molar-refractivity contribution in [2.75, 3.05) is 26.7 Å². The molecule has 0 aliphatic carbocycles. The summed E-state index contributed by atoms with van der Waals surface area (Å²) in [5.74, 6) is 0.862. The molecule has 0 bridgehead atoms. The molecule has 0 amide bonds. The molecule has 2 heterocycles. The third-order valence-electron chi connectivity index (χ3n) is 4.14. The molecule has 108 valence electrons. The van der Waals surface area contributed by atoms with Crippen molar-refractivity contribution in [3.8, 4) is 0 Å². The molecule has 2 rings (SSSR count). The van der Waals surface area contributed by atoms with Crippen LogP contribution in [0.4, 0.5) is 0 Å². The van der Waals surface area contributed by atoms with Crippen molar-refractivity contribution in [3.63, 3.8) is 0 Å². The van der Waals surface area contributed by atoms with Crippen LogP contribution in [0.3, 0.4) is 0 Å². The number of piperidine rings is 1. The molecule has 1 saturated heterocycles. The smallest absolute Gasteiger partial charge is 0.0638 e. The van der Waals surface area contributed by atoms with Gasteiger partial charge >= 0.3 is 0 Å². The summed E-state index contributed by atoms with van der Waals surface area (Å²) in [5, 5.41) is 7.90. The van der Waals surface area contributed by atoms with Crippen molar-refractivity contribution in [2.45, 2.75) is 46.2 Å². The second kappa shape index (κ2) is 6.53. The van der Waals surface area contributed by atoms with Crippen molar-refractivity contribution in [1.82, 2.24) is 20.0 Å². The molecule has 0 saturated carbocycles. The number of aromatic nitrogens is 2. The Labute approximate surface area is 117 Å². The molecule has 4 heteroatoms. The van der Waals surface area contributed by atoms with Gasteiger partial charge in [0.1, 0.15) is 0 Å². The van der Waals surface area contributed by atoms with E-state index in [0.717, 1.165) is 19.0 Å². The first-order valence-electron chi connectivity index (χ1n) is 7.51. The van der Waals surface area contributed by atoms with Gasteiger partial charge in [0.25, 0.3) is 0 Å². The van der Waals surface area contributed by atoms with Gasteiger partial charge in [0.2, 0.25) is 0 Å². The zero-order valence-electron chi connectivity index (χ0n) is 12.8. The van der Waals surface area contributed by atoms with Gasteiger partial charge in [-0.1, -0.05) is 0 Å². The molecule has 1 N–H and O–H groups in total. The standard InChI is InChI=1S/C15H28N4/c1-12(2)19-11-15(13(3)17-19)10-18-7-5-14(6-8-18)9-16-4/h11-12,14,16H,5-10H2,1-4H3. The van der Waals surface area contributed by atoms with E-state index in [2.05, 4.69) is 54.0 Å². The maximum Gasteiger partial charge on any atom is 0.0638 e. The fourth-order valence-electron chi connectivity index (χ4n) is 2.82. The summed E-state index contributed by atoms with van der Waals surface area (Å²) in [7, 11) is 2.05. The summed E-state index contributed by atoms with van der Waals surface area (Å²) < 4.78 is 2.08. The average Bonchev–Trinajstić information content (AvgIpc) is 2.74. The van der Waals surface area contributed by atoms with Crippen LogP contribution >= 0.6 is 0 Å². The van der Waals surface area contributed by atoms with Gasteiger partial charge in [-0.15, -0.1) is 0 Å². The zero-order chi connectivity index (χ0) is 13.8. The Balaban J connectivity index is 1.88. The molecule has 1 fully saturated rings.